The van der Waals surface area contributed by atoms with E-state index < -0.39 is 10.7 Å². The van der Waals surface area contributed by atoms with Crippen molar-refractivity contribution in [1.82, 2.24) is 0 Å². The molecule has 0 bridgehead atoms. The van der Waals surface area contributed by atoms with Gasteiger partial charge in [0.25, 0.3) is 5.69 Å². The summed E-state index contributed by atoms with van der Waals surface area (Å²) in [6.07, 6.45) is 2.72. The number of rotatable bonds is 7. The highest BCUT2D eigenvalue weighted by Crippen LogP contribution is 2.21. The summed E-state index contributed by atoms with van der Waals surface area (Å²) in [7, 11) is 0. The Bertz CT molecular complexity index is 1010. The first-order valence-corrected chi connectivity index (χ1v) is 8.75. The Balaban J connectivity index is 1.65. The number of halogens is 1. The second-order valence-electron chi connectivity index (χ2n) is 5.52. The van der Waals surface area contributed by atoms with E-state index in [-0.39, 0.29) is 17.9 Å². The third kappa shape index (κ3) is 4.92. The lowest BCUT2D eigenvalue weighted by Crippen LogP contribution is -2.00. The highest BCUT2D eigenvalue weighted by atomic mass is 79.9. The topological polar surface area (TPSA) is 82.6 Å². The van der Waals surface area contributed by atoms with Crippen LogP contribution in [-0.2, 0) is 6.61 Å². The maximum Gasteiger partial charge on any atom is 0.280 e. The van der Waals surface area contributed by atoms with Gasteiger partial charge < -0.3 is 9.15 Å². The molecule has 3 rings (SSSR count). The van der Waals surface area contributed by atoms with Crippen molar-refractivity contribution in [3.05, 3.63) is 98.4 Å². The fourth-order valence-corrected chi connectivity index (χ4v) is 2.74. The van der Waals surface area contributed by atoms with Gasteiger partial charge in [0.15, 0.2) is 5.78 Å². The largest absolute Gasteiger partial charge is 0.486 e. The molecule has 1 aromatic heterocycles. The molecule has 0 amide bonds. The summed E-state index contributed by atoms with van der Waals surface area (Å²) >= 11 is 3.37. The van der Waals surface area contributed by atoms with Gasteiger partial charge >= 0.3 is 0 Å². The molecule has 0 unspecified atom stereocenters. The van der Waals surface area contributed by atoms with Crippen molar-refractivity contribution in [2.24, 2.45) is 0 Å². The van der Waals surface area contributed by atoms with E-state index >= 15 is 0 Å². The number of benzene rings is 2. The molecule has 0 saturated heterocycles. The van der Waals surface area contributed by atoms with Crippen molar-refractivity contribution in [1.29, 1.82) is 0 Å². The molecule has 0 saturated carbocycles. The van der Waals surface area contributed by atoms with E-state index in [9.17, 15) is 14.9 Å². The zero-order valence-corrected chi connectivity index (χ0v) is 15.6. The molecule has 7 heteroatoms. The van der Waals surface area contributed by atoms with Gasteiger partial charge in [-0.05, 0) is 48.6 Å². The Morgan fingerprint density at radius 3 is 2.74 bits per heavy atom. The van der Waals surface area contributed by atoms with Crippen LogP contribution in [0.2, 0.25) is 0 Å². The number of allylic oxidation sites excluding steroid dienone is 1. The van der Waals surface area contributed by atoms with Crippen molar-refractivity contribution in [2.45, 2.75) is 6.61 Å². The number of carbonyl (C=O) groups excluding carboxylic acids is 1. The van der Waals surface area contributed by atoms with Crippen LogP contribution < -0.4 is 4.74 Å². The minimum absolute atomic E-state index is 0.0310. The maximum absolute atomic E-state index is 12.2. The molecule has 0 N–H and O–H groups in total. The molecule has 0 atom stereocenters. The molecule has 6 nitrogen and oxygen atoms in total. The standard InChI is InChI=1S/C20H14BrNO5/c21-14-4-3-5-16(12-14)26-13-17-9-8-15(27-17)10-11-20(23)18-6-1-2-7-19(18)22(24)25/h1-12H,13H2/b11-10+. The van der Waals surface area contributed by atoms with Gasteiger partial charge in [-0.15, -0.1) is 0 Å². The first kappa shape index (κ1) is 18.6. The highest BCUT2D eigenvalue weighted by molar-refractivity contribution is 9.10. The summed E-state index contributed by atoms with van der Waals surface area (Å²) in [5.41, 5.74) is -0.196. The third-order valence-electron chi connectivity index (χ3n) is 3.62. The minimum atomic E-state index is -0.578. The highest BCUT2D eigenvalue weighted by Gasteiger charge is 2.17. The van der Waals surface area contributed by atoms with Crippen LogP contribution in [0.5, 0.6) is 5.75 Å². The van der Waals surface area contributed by atoms with Gasteiger partial charge in [0, 0.05) is 10.5 Å². The Hall–Kier alpha value is -3.19. The number of hydrogen-bond donors (Lipinski definition) is 0. The quantitative estimate of drug-likeness (QED) is 0.217. The van der Waals surface area contributed by atoms with Gasteiger partial charge in [-0.3, -0.25) is 14.9 Å². The predicted octanol–water partition coefficient (Wildman–Crippen LogP) is 5.43. The lowest BCUT2D eigenvalue weighted by Gasteiger charge is -2.04. The van der Waals surface area contributed by atoms with Crippen LogP contribution in [-0.4, -0.2) is 10.7 Å². The van der Waals surface area contributed by atoms with E-state index in [2.05, 4.69) is 15.9 Å². The number of para-hydroxylation sites is 1. The molecular weight excluding hydrogens is 414 g/mol. The molecule has 0 aliphatic heterocycles. The first-order valence-electron chi connectivity index (χ1n) is 7.96. The van der Waals surface area contributed by atoms with Crippen LogP contribution >= 0.6 is 15.9 Å². The number of hydrogen-bond acceptors (Lipinski definition) is 5. The molecule has 0 fully saturated rings. The van der Waals surface area contributed by atoms with Gasteiger partial charge in [-0.25, -0.2) is 0 Å². The van der Waals surface area contributed by atoms with Crippen molar-refractivity contribution in [3.63, 3.8) is 0 Å². The summed E-state index contributed by atoms with van der Waals surface area (Å²) in [5.74, 6) is 1.28. The summed E-state index contributed by atoms with van der Waals surface area (Å²) in [6, 6.07) is 16.7. The number of carbonyl (C=O) groups is 1. The lowest BCUT2D eigenvalue weighted by atomic mass is 10.1. The summed E-state index contributed by atoms with van der Waals surface area (Å²) in [5, 5.41) is 11.0. The smallest absolute Gasteiger partial charge is 0.280 e. The van der Waals surface area contributed by atoms with Crippen molar-refractivity contribution < 1.29 is 18.9 Å². The maximum atomic E-state index is 12.2. The molecule has 1 heterocycles. The zero-order valence-electron chi connectivity index (χ0n) is 14.0. The van der Waals surface area contributed by atoms with Crippen molar-refractivity contribution in [3.8, 4) is 5.75 Å². The molecule has 0 spiro atoms. The Morgan fingerprint density at radius 2 is 1.96 bits per heavy atom. The Kier molecular flexibility index (Phi) is 5.83. The third-order valence-corrected chi connectivity index (χ3v) is 4.12. The number of ketones is 1. The fourth-order valence-electron chi connectivity index (χ4n) is 2.36. The molecule has 0 radical (unpaired) electrons. The Labute approximate surface area is 163 Å². The molecule has 0 aliphatic rings. The summed E-state index contributed by atoms with van der Waals surface area (Å²) in [4.78, 5) is 22.7. The predicted molar refractivity (Wildman–Crippen MR) is 104 cm³/mol. The summed E-state index contributed by atoms with van der Waals surface area (Å²) in [6.45, 7) is 0.238. The molecule has 3 aromatic rings. The summed E-state index contributed by atoms with van der Waals surface area (Å²) < 4.78 is 12.1. The normalized spacial score (nSPS) is 10.9. The number of nitro benzene ring substituents is 1. The van der Waals surface area contributed by atoms with Crippen LogP contribution in [0, 0.1) is 10.1 Å². The van der Waals surface area contributed by atoms with E-state index in [1.54, 1.807) is 18.2 Å². The molecule has 27 heavy (non-hydrogen) atoms. The van der Waals surface area contributed by atoms with Crippen LogP contribution in [0.4, 0.5) is 5.69 Å². The van der Waals surface area contributed by atoms with Crippen LogP contribution in [0.3, 0.4) is 0 Å². The first-order chi connectivity index (χ1) is 13.0. The van der Waals surface area contributed by atoms with Crippen molar-refractivity contribution in [2.75, 3.05) is 0 Å². The second-order valence-corrected chi connectivity index (χ2v) is 6.44. The second kappa shape index (κ2) is 8.46. The van der Waals surface area contributed by atoms with E-state index in [4.69, 9.17) is 9.15 Å². The number of ether oxygens (including phenoxy) is 1. The SMILES string of the molecule is O=C(/C=C/c1ccc(COc2cccc(Br)c2)o1)c1ccccc1[N+](=O)[O-]. The van der Waals surface area contributed by atoms with E-state index in [1.807, 2.05) is 24.3 Å². The molecule has 136 valence electrons. The number of furan rings is 1. The van der Waals surface area contributed by atoms with Crippen molar-refractivity contribution >= 4 is 33.5 Å². The van der Waals surface area contributed by atoms with Crippen LogP contribution in [0.15, 0.2) is 75.6 Å². The monoisotopic (exact) mass is 427 g/mol. The molecule has 0 aliphatic carbocycles. The number of nitrogens with zero attached hydrogens (tertiary/aromatic N) is 1. The fraction of sp³-hybridized carbons (Fsp3) is 0.0500. The molecular formula is C20H14BrNO5. The van der Waals surface area contributed by atoms with Gasteiger partial charge in [0.2, 0.25) is 0 Å². The van der Waals surface area contributed by atoms with Gasteiger partial charge in [-0.2, -0.15) is 0 Å². The average molecular weight is 428 g/mol. The van der Waals surface area contributed by atoms with E-state index in [0.717, 1.165) is 4.47 Å². The van der Waals surface area contributed by atoms with E-state index in [0.29, 0.717) is 17.3 Å². The minimum Gasteiger partial charge on any atom is -0.486 e. The van der Waals surface area contributed by atoms with Crippen LogP contribution in [0.25, 0.3) is 6.08 Å². The van der Waals surface area contributed by atoms with E-state index in [1.165, 1.54) is 30.4 Å². The average Bonchev–Trinajstić information content (AvgIpc) is 3.12. The lowest BCUT2D eigenvalue weighted by molar-refractivity contribution is -0.385. The van der Waals surface area contributed by atoms with Gasteiger partial charge in [0.1, 0.15) is 23.9 Å². The molecule has 2 aromatic carbocycles. The number of nitro groups is 1. The van der Waals surface area contributed by atoms with Crippen LogP contribution in [0.1, 0.15) is 21.9 Å². The zero-order chi connectivity index (χ0) is 19.2. The van der Waals surface area contributed by atoms with Gasteiger partial charge in [0.05, 0.1) is 10.5 Å². The Morgan fingerprint density at radius 1 is 1.15 bits per heavy atom. The van der Waals surface area contributed by atoms with Gasteiger partial charge in [-0.1, -0.05) is 34.1 Å².